The molecule has 0 bridgehead atoms. The molecule has 21 heavy (non-hydrogen) atoms. The Bertz CT molecular complexity index is 526. The molecule has 0 radical (unpaired) electrons. The average molecular weight is 286 g/mol. The van der Waals surface area contributed by atoms with Crippen molar-refractivity contribution in [1.82, 2.24) is 4.98 Å². The molecule has 2 rings (SSSR count). The number of ether oxygens (including phenoxy) is 2. The lowest BCUT2D eigenvalue weighted by atomic mass is 10.0. The van der Waals surface area contributed by atoms with Crippen molar-refractivity contribution in [2.45, 2.75) is 25.5 Å². The van der Waals surface area contributed by atoms with E-state index in [0.29, 0.717) is 6.61 Å². The monoisotopic (exact) mass is 286 g/mol. The number of nitrogens with two attached hydrogens (primary N) is 1. The molecule has 1 aromatic heterocycles. The zero-order valence-electron chi connectivity index (χ0n) is 12.5. The minimum absolute atomic E-state index is 0.0814. The summed E-state index contributed by atoms with van der Waals surface area (Å²) in [6, 6.07) is 13.6. The first kappa shape index (κ1) is 15.5. The lowest BCUT2D eigenvalue weighted by molar-refractivity contribution is 0.0399. The van der Waals surface area contributed by atoms with E-state index in [4.69, 9.17) is 15.2 Å². The first-order chi connectivity index (χ1) is 10.2. The zero-order valence-corrected chi connectivity index (χ0v) is 12.5. The number of nitrogens with zero attached hydrogens (tertiary/aromatic N) is 1. The normalized spacial score (nSPS) is 13.7. The van der Waals surface area contributed by atoms with Crippen LogP contribution in [0.25, 0.3) is 0 Å². The first-order valence-corrected chi connectivity index (χ1v) is 7.11. The van der Waals surface area contributed by atoms with Crippen LogP contribution in [-0.2, 0) is 11.2 Å². The van der Waals surface area contributed by atoms with Crippen molar-refractivity contribution in [3.05, 3.63) is 59.9 Å². The van der Waals surface area contributed by atoms with Gasteiger partial charge in [-0.2, -0.15) is 0 Å². The van der Waals surface area contributed by atoms with Gasteiger partial charge < -0.3 is 15.2 Å². The van der Waals surface area contributed by atoms with Crippen LogP contribution in [0, 0.1) is 0 Å². The van der Waals surface area contributed by atoms with Crippen LogP contribution in [0.1, 0.15) is 24.3 Å². The highest BCUT2D eigenvalue weighted by molar-refractivity contribution is 5.29. The maximum Gasteiger partial charge on any atom is 0.118 e. The van der Waals surface area contributed by atoms with Crippen LogP contribution in [0.4, 0.5) is 0 Å². The second-order valence-corrected chi connectivity index (χ2v) is 4.99. The van der Waals surface area contributed by atoms with Gasteiger partial charge in [0.25, 0.3) is 0 Å². The van der Waals surface area contributed by atoms with Crippen molar-refractivity contribution >= 4 is 0 Å². The van der Waals surface area contributed by atoms with Gasteiger partial charge in [0.2, 0.25) is 0 Å². The first-order valence-electron chi connectivity index (χ1n) is 7.11. The van der Waals surface area contributed by atoms with Crippen molar-refractivity contribution in [1.29, 1.82) is 0 Å². The molecule has 1 aromatic carbocycles. The van der Waals surface area contributed by atoms with Gasteiger partial charge in [-0.15, -0.1) is 0 Å². The maximum absolute atomic E-state index is 6.05. The number of pyridine rings is 1. The Labute approximate surface area is 125 Å². The quantitative estimate of drug-likeness (QED) is 0.850. The third-order valence-corrected chi connectivity index (χ3v) is 3.30. The summed E-state index contributed by atoms with van der Waals surface area (Å²) in [6.07, 6.45) is 2.45. The van der Waals surface area contributed by atoms with E-state index in [0.717, 1.165) is 23.4 Å². The molecule has 1 heterocycles. The fourth-order valence-corrected chi connectivity index (χ4v) is 2.18. The topological polar surface area (TPSA) is 57.4 Å². The molecule has 0 saturated carbocycles. The van der Waals surface area contributed by atoms with Crippen molar-refractivity contribution in [3.63, 3.8) is 0 Å². The Hall–Kier alpha value is -1.91. The maximum atomic E-state index is 6.05. The molecule has 4 nitrogen and oxygen atoms in total. The standard InChI is InChI=1S/C17H22N2O2/c1-13(18)17(14-6-8-16(20-2)9-7-14)21-12-10-15-5-3-4-11-19-15/h3-9,11,13,17H,10,12,18H2,1-2H3. The van der Waals surface area contributed by atoms with Crippen molar-refractivity contribution in [2.75, 3.05) is 13.7 Å². The Morgan fingerprint density at radius 3 is 2.48 bits per heavy atom. The molecule has 0 aliphatic carbocycles. The molecule has 0 saturated heterocycles. The lowest BCUT2D eigenvalue weighted by Gasteiger charge is -2.22. The summed E-state index contributed by atoms with van der Waals surface area (Å²) in [5.74, 6) is 0.829. The summed E-state index contributed by atoms with van der Waals surface area (Å²) in [7, 11) is 1.65. The molecular weight excluding hydrogens is 264 g/mol. The Morgan fingerprint density at radius 2 is 1.90 bits per heavy atom. The Balaban J connectivity index is 1.95. The van der Waals surface area contributed by atoms with E-state index in [-0.39, 0.29) is 12.1 Å². The van der Waals surface area contributed by atoms with Gasteiger partial charge >= 0.3 is 0 Å². The molecule has 0 aliphatic rings. The second kappa shape index (κ2) is 7.76. The number of aromatic nitrogens is 1. The van der Waals surface area contributed by atoms with Crippen molar-refractivity contribution in [3.8, 4) is 5.75 Å². The highest BCUT2D eigenvalue weighted by atomic mass is 16.5. The number of hydrogen-bond donors (Lipinski definition) is 1. The molecule has 0 amide bonds. The van der Waals surface area contributed by atoms with Gasteiger partial charge in [-0.3, -0.25) is 4.98 Å². The fraction of sp³-hybridized carbons (Fsp3) is 0.353. The summed E-state index contributed by atoms with van der Waals surface area (Å²) < 4.78 is 11.1. The zero-order chi connectivity index (χ0) is 15.1. The summed E-state index contributed by atoms with van der Waals surface area (Å²) in [4.78, 5) is 4.29. The third-order valence-electron chi connectivity index (χ3n) is 3.30. The molecule has 2 aromatic rings. The summed E-state index contributed by atoms with van der Waals surface area (Å²) in [5.41, 5.74) is 8.13. The number of hydrogen-bond acceptors (Lipinski definition) is 4. The molecule has 2 unspecified atom stereocenters. The molecule has 2 atom stereocenters. The second-order valence-electron chi connectivity index (χ2n) is 4.99. The predicted octanol–water partition coefficient (Wildman–Crippen LogP) is 2.74. The summed E-state index contributed by atoms with van der Waals surface area (Å²) in [5, 5.41) is 0. The number of benzene rings is 1. The largest absolute Gasteiger partial charge is 0.497 e. The number of rotatable bonds is 7. The molecule has 0 spiro atoms. The fourth-order valence-electron chi connectivity index (χ4n) is 2.18. The minimum Gasteiger partial charge on any atom is -0.497 e. The highest BCUT2D eigenvalue weighted by Gasteiger charge is 2.16. The van der Waals surface area contributed by atoms with Gasteiger partial charge in [0, 0.05) is 24.4 Å². The molecule has 0 aliphatic heterocycles. The van der Waals surface area contributed by atoms with Crippen molar-refractivity contribution in [2.24, 2.45) is 5.73 Å². The smallest absolute Gasteiger partial charge is 0.118 e. The molecular formula is C17H22N2O2. The van der Waals surface area contributed by atoms with Crippen LogP contribution in [0.3, 0.4) is 0 Å². The van der Waals surface area contributed by atoms with Gasteiger partial charge in [0.05, 0.1) is 19.8 Å². The average Bonchev–Trinajstić information content (AvgIpc) is 2.52. The summed E-state index contributed by atoms with van der Waals surface area (Å²) >= 11 is 0. The van der Waals surface area contributed by atoms with Crippen LogP contribution < -0.4 is 10.5 Å². The van der Waals surface area contributed by atoms with Crippen LogP contribution in [0.2, 0.25) is 0 Å². The number of methoxy groups -OCH3 is 1. The van der Waals surface area contributed by atoms with Crippen LogP contribution in [-0.4, -0.2) is 24.7 Å². The van der Waals surface area contributed by atoms with Gasteiger partial charge in [-0.05, 0) is 36.8 Å². The Morgan fingerprint density at radius 1 is 1.14 bits per heavy atom. The van der Waals surface area contributed by atoms with E-state index in [1.807, 2.05) is 49.4 Å². The minimum atomic E-state index is -0.125. The molecule has 4 heteroatoms. The van der Waals surface area contributed by atoms with Crippen LogP contribution in [0.5, 0.6) is 5.75 Å². The molecule has 2 N–H and O–H groups in total. The molecule has 112 valence electrons. The predicted molar refractivity (Wildman–Crippen MR) is 83.3 cm³/mol. The van der Waals surface area contributed by atoms with Gasteiger partial charge in [0.1, 0.15) is 5.75 Å². The van der Waals surface area contributed by atoms with Crippen LogP contribution in [0.15, 0.2) is 48.7 Å². The van der Waals surface area contributed by atoms with Crippen LogP contribution >= 0.6 is 0 Å². The lowest BCUT2D eigenvalue weighted by Crippen LogP contribution is -2.27. The van der Waals surface area contributed by atoms with E-state index in [1.165, 1.54) is 0 Å². The SMILES string of the molecule is COc1ccc(C(OCCc2ccccn2)C(C)N)cc1. The third kappa shape index (κ3) is 4.55. The van der Waals surface area contributed by atoms with Gasteiger partial charge in [-0.1, -0.05) is 18.2 Å². The summed E-state index contributed by atoms with van der Waals surface area (Å²) in [6.45, 7) is 2.55. The van der Waals surface area contributed by atoms with E-state index in [2.05, 4.69) is 4.98 Å². The molecule has 0 fully saturated rings. The highest BCUT2D eigenvalue weighted by Crippen LogP contribution is 2.23. The Kier molecular flexibility index (Phi) is 5.72. The van der Waals surface area contributed by atoms with Gasteiger partial charge in [-0.25, -0.2) is 0 Å². The van der Waals surface area contributed by atoms with Crippen molar-refractivity contribution < 1.29 is 9.47 Å². The van der Waals surface area contributed by atoms with E-state index < -0.39 is 0 Å². The van der Waals surface area contributed by atoms with E-state index in [9.17, 15) is 0 Å². The van der Waals surface area contributed by atoms with E-state index in [1.54, 1.807) is 13.3 Å². The van der Waals surface area contributed by atoms with E-state index >= 15 is 0 Å². The van der Waals surface area contributed by atoms with Gasteiger partial charge in [0.15, 0.2) is 0 Å².